The summed E-state index contributed by atoms with van der Waals surface area (Å²) in [5, 5.41) is 47.7. The zero-order chi connectivity index (χ0) is 29.9. The van der Waals surface area contributed by atoms with E-state index < -0.39 is 43.6 Å². The van der Waals surface area contributed by atoms with Crippen LogP contribution < -0.4 is 4.90 Å². The fraction of sp³-hybridized carbons (Fsp3) is 0.613. The zero-order valence-corrected chi connectivity index (χ0v) is 24.8. The summed E-state index contributed by atoms with van der Waals surface area (Å²) in [6.45, 7) is 3.11. The Morgan fingerprint density at radius 1 is 1.02 bits per heavy atom. The summed E-state index contributed by atoms with van der Waals surface area (Å²) in [6.07, 6.45) is 1.88. The molecule has 2 heterocycles. The topological polar surface area (TPSA) is 148 Å². The maximum atomic E-state index is 12.7. The second-order valence-corrected chi connectivity index (χ2v) is 12.2. The molecule has 0 unspecified atom stereocenters. The van der Waals surface area contributed by atoms with Crippen LogP contribution in [0.15, 0.2) is 36.4 Å². The van der Waals surface area contributed by atoms with E-state index in [1.165, 1.54) is 42.6 Å². The molecular formula is C31H45NO8S. The lowest BCUT2D eigenvalue weighted by Gasteiger charge is -2.25. The predicted octanol–water partition coefficient (Wildman–Crippen LogP) is 3.54. The van der Waals surface area contributed by atoms with Crippen molar-refractivity contribution in [2.75, 3.05) is 18.1 Å². The highest BCUT2D eigenvalue weighted by atomic mass is 32.1. The average Bonchev–Trinajstić information content (AvgIpc) is 3.61. The molecule has 5 N–H and O–H groups in total. The van der Waals surface area contributed by atoms with Gasteiger partial charge in [0.1, 0.15) is 35.9 Å². The number of thiophene rings is 1. The van der Waals surface area contributed by atoms with Crippen LogP contribution in [0.25, 0.3) is 0 Å². The summed E-state index contributed by atoms with van der Waals surface area (Å²) in [6, 6.07) is 12.1. The monoisotopic (exact) mass is 591 g/mol. The number of hydrogen-bond acceptors (Lipinski definition) is 9. The minimum atomic E-state index is -1.79. The highest BCUT2D eigenvalue weighted by Gasteiger charge is 2.32. The number of unbranched alkanes of at least 4 members (excludes halogenated alkanes) is 2. The van der Waals surface area contributed by atoms with Crippen LogP contribution in [0.2, 0.25) is 0 Å². The second kappa shape index (κ2) is 16.3. The van der Waals surface area contributed by atoms with Crippen molar-refractivity contribution in [1.82, 2.24) is 0 Å². The SMILES string of the molecule is CCCCC[C@H](C)c1ccc(N2C(=O)CC[C@@H]2CCCc2ccc(C(=O)OC[C@@H](O)[C@H](O)[C@@H](O)[C@@H](O)CO)s2)cc1. The number of amides is 1. The van der Waals surface area contributed by atoms with Crippen molar-refractivity contribution in [2.45, 2.75) is 108 Å². The lowest BCUT2D eigenvalue weighted by molar-refractivity contribution is -0.124. The number of hydrogen-bond donors (Lipinski definition) is 5. The largest absolute Gasteiger partial charge is 0.459 e. The molecule has 0 radical (unpaired) electrons. The van der Waals surface area contributed by atoms with Gasteiger partial charge in [-0.25, -0.2) is 4.79 Å². The Morgan fingerprint density at radius 2 is 1.73 bits per heavy atom. The first-order chi connectivity index (χ1) is 19.7. The third kappa shape index (κ3) is 9.33. The molecule has 41 heavy (non-hydrogen) atoms. The maximum Gasteiger partial charge on any atom is 0.348 e. The molecule has 1 aliphatic rings. The van der Waals surface area contributed by atoms with Gasteiger partial charge >= 0.3 is 5.97 Å². The maximum absolute atomic E-state index is 12.7. The number of aliphatic hydroxyl groups excluding tert-OH is 5. The molecule has 1 aromatic carbocycles. The highest BCUT2D eigenvalue weighted by molar-refractivity contribution is 7.13. The number of anilines is 1. The van der Waals surface area contributed by atoms with Crippen molar-refractivity contribution >= 4 is 28.9 Å². The number of rotatable bonds is 17. The van der Waals surface area contributed by atoms with Crippen LogP contribution in [-0.4, -0.2) is 81.1 Å². The fourth-order valence-electron chi connectivity index (χ4n) is 5.23. The van der Waals surface area contributed by atoms with Gasteiger partial charge in [-0.05, 0) is 67.9 Å². The minimum Gasteiger partial charge on any atom is -0.459 e. The smallest absolute Gasteiger partial charge is 0.348 e. The molecule has 3 rings (SSSR count). The highest BCUT2D eigenvalue weighted by Crippen LogP contribution is 2.32. The van der Waals surface area contributed by atoms with E-state index in [-0.39, 0.29) is 11.9 Å². The van der Waals surface area contributed by atoms with E-state index in [4.69, 9.17) is 9.84 Å². The van der Waals surface area contributed by atoms with Crippen LogP contribution >= 0.6 is 11.3 Å². The van der Waals surface area contributed by atoms with Gasteiger partial charge in [0.05, 0.1) is 6.61 Å². The van der Waals surface area contributed by atoms with E-state index in [2.05, 4.69) is 38.1 Å². The summed E-state index contributed by atoms with van der Waals surface area (Å²) in [5.74, 6) is -0.00456. The number of carbonyl (C=O) groups excluding carboxylic acids is 2. The summed E-state index contributed by atoms with van der Waals surface area (Å²) >= 11 is 1.29. The average molecular weight is 592 g/mol. The van der Waals surface area contributed by atoms with Gasteiger partial charge in [-0.3, -0.25) is 4.79 Å². The molecule has 1 amide bonds. The van der Waals surface area contributed by atoms with Crippen LogP contribution in [0, 0.1) is 0 Å². The third-order valence-electron chi connectivity index (χ3n) is 7.84. The Hall–Kier alpha value is -2.34. The lowest BCUT2D eigenvalue weighted by atomic mass is 9.95. The molecule has 1 fully saturated rings. The third-order valence-corrected chi connectivity index (χ3v) is 8.97. The molecule has 0 spiro atoms. The Balaban J connectivity index is 1.47. The van der Waals surface area contributed by atoms with Crippen LogP contribution in [0.3, 0.4) is 0 Å². The standard InChI is InChI=1S/C31H45NO8S/c1-3-4-5-7-20(2)21-10-12-23(13-11-21)32-22(14-17-28(32)36)8-6-9-24-15-16-27(41-24)31(39)40-19-26(35)30(38)29(37)25(34)18-33/h10-13,15-16,20,22,25-26,29-30,33-35,37-38H,3-9,14,17-19H2,1-2H3/t20-,22-,25-,26+,29-,30-/m0/s1. The molecule has 0 saturated carbocycles. The van der Waals surface area contributed by atoms with Crippen molar-refractivity contribution in [3.63, 3.8) is 0 Å². The Bertz CT molecular complexity index is 1090. The molecule has 0 bridgehead atoms. The van der Waals surface area contributed by atoms with Gasteiger partial charge in [-0.1, -0.05) is 45.2 Å². The van der Waals surface area contributed by atoms with Crippen molar-refractivity contribution < 1.29 is 39.9 Å². The summed E-state index contributed by atoms with van der Waals surface area (Å²) in [5.41, 5.74) is 2.26. The first-order valence-electron chi connectivity index (χ1n) is 14.7. The Morgan fingerprint density at radius 3 is 2.41 bits per heavy atom. The number of benzene rings is 1. The fourth-order valence-corrected chi connectivity index (χ4v) is 6.17. The zero-order valence-electron chi connectivity index (χ0n) is 24.0. The Labute approximate surface area is 246 Å². The van der Waals surface area contributed by atoms with E-state index in [0.717, 1.165) is 36.2 Å². The molecule has 1 aromatic heterocycles. The normalized spacial score (nSPS) is 19.1. The molecule has 1 aliphatic heterocycles. The summed E-state index contributed by atoms with van der Waals surface area (Å²) in [7, 11) is 0. The molecule has 0 aliphatic carbocycles. The van der Waals surface area contributed by atoms with Crippen LogP contribution in [0.4, 0.5) is 5.69 Å². The van der Waals surface area contributed by atoms with Gasteiger partial charge in [-0.15, -0.1) is 11.3 Å². The van der Waals surface area contributed by atoms with Crippen molar-refractivity contribution in [1.29, 1.82) is 0 Å². The number of aliphatic hydroxyl groups is 5. The first kappa shape index (κ1) is 33.2. The molecule has 10 heteroatoms. The number of carbonyl (C=O) groups is 2. The van der Waals surface area contributed by atoms with Crippen LogP contribution in [0.5, 0.6) is 0 Å². The lowest BCUT2D eigenvalue weighted by Crippen LogP contribution is -2.47. The van der Waals surface area contributed by atoms with Crippen molar-refractivity contribution in [2.24, 2.45) is 0 Å². The molecule has 2 aromatic rings. The quantitative estimate of drug-likeness (QED) is 0.139. The van der Waals surface area contributed by atoms with E-state index >= 15 is 0 Å². The van der Waals surface area contributed by atoms with Gasteiger partial charge in [-0.2, -0.15) is 0 Å². The number of ether oxygens (including phenoxy) is 1. The second-order valence-electron chi connectivity index (χ2n) is 11.0. The van der Waals surface area contributed by atoms with Gasteiger partial charge in [0, 0.05) is 23.0 Å². The molecular weight excluding hydrogens is 546 g/mol. The minimum absolute atomic E-state index is 0.146. The van der Waals surface area contributed by atoms with E-state index in [1.54, 1.807) is 6.07 Å². The molecule has 228 valence electrons. The number of aryl methyl sites for hydroxylation is 1. The van der Waals surface area contributed by atoms with E-state index in [1.807, 2.05) is 11.0 Å². The van der Waals surface area contributed by atoms with Crippen LogP contribution in [0.1, 0.15) is 91.2 Å². The van der Waals surface area contributed by atoms with Gasteiger partial charge < -0.3 is 35.2 Å². The van der Waals surface area contributed by atoms with Gasteiger partial charge in [0.15, 0.2) is 0 Å². The van der Waals surface area contributed by atoms with Crippen molar-refractivity contribution in [3.05, 3.63) is 51.7 Å². The Kier molecular flexibility index (Phi) is 13.2. The van der Waals surface area contributed by atoms with E-state index in [0.29, 0.717) is 17.2 Å². The van der Waals surface area contributed by atoms with Crippen LogP contribution in [-0.2, 0) is 16.0 Å². The summed E-state index contributed by atoms with van der Waals surface area (Å²) in [4.78, 5) is 28.4. The molecule has 6 atom stereocenters. The predicted molar refractivity (Wildman–Crippen MR) is 158 cm³/mol. The summed E-state index contributed by atoms with van der Waals surface area (Å²) < 4.78 is 5.06. The van der Waals surface area contributed by atoms with Gasteiger partial charge in [0.25, 0.3) is 0 Å². The molecule has 1 saturated heterocycles. The van der Waals surface area contributed by atoms with Crippen molar-refractivity contribution in [3.8, 4) is 0 Å². The number of nitrogens with zero attached hydrogens (tertiary/aromatic N) is 1. The van der Waals surface area contributed by atoms with Gasteiger partial charge in [0.2, 0.25) is 5.91 Å². The first-order valence-corrected chi connectivity index (χ1v) is 15.5. The van der Waals surface area contributed by atoms with E-state index in [9.17, 15) is 30.0 Å². The molecule has 9 nitrogen and oxygen atoms in total. The number of esters is 1.